The molecule has 1 saturated heterocycles. The molecule has 2 heterocycles. The molecule has 0 atom stereocenters. The Morgan fingerprint density at radius 2 is 2.08 bits per heavy atom. The topological polar surface area (TPSA) is 89.0 Å². The van der Waals surface area contributed by atoms with Crippen LogP contribution in [0.5, 0.6) is 6.01 Å². The predicted octanol–water partition coefficient (Wildman–Crippen LogP) is 2.72. The molecule has 136 valence electrons. The smallest absolute Gasteiger partial charge is 0.316 e. The van der Waals surface area contributed by atoms with Gasteiger partial charge in [0.05, 0.1) is 11.9 Å². The molecule has 0 radical (unpaired) electrons. The summed E-state index contributed by atoms with van der Waals surface area (Å²) in [6.07, 6.45) is 2.91. The van der Waals surface area contributed by atoms with Crippen molar-refractivity contribution in [1.82, 2.24) is 9.97 Å². The Kier molecular flexibility index (Phi) is 5.67. The highest BCUT2D eigenvalue weighted by molar-refractivity contribution is 6.31. The van der Waals surface area contributed by atoms with E-state index in [-0.39, 0.29) is 18.2 Å². The van der Waals surface area contributed by atoms with Crippen LogP contribution < -0.4 is 15.5 Å². The SMILES string of the molecule is NN=C(C=Nc1ccc(N2CCC2)c(C(F)F)c1)COc1ncccn1. The fourth-order valence-electron chi connectivity index (χ4n) is 2.40. The van der Waals surface area contributed by atoms with Gasteiger partial charge in [-0.15, -0.1) is 0 Å². The fourth-order valence-corrected chi connectivity index (χ4v) is 2.40. The van der Waals surface area contributed by atoms with Crippen LogP contribution in [0.25, 0.3) is 0 Å². The molecule has 2 N–H and O–H groups in total. The molecule has 0 amide bonds. The molecule has 26 heavy (non-hydrogen) atoms. The Labute approximate surface area is 149 Å². The third kappa shape index (κ3) is 4.29. The highest BCUT2D eigenvalue weighted by Gasteiger charge is 2.22. The van der Waals surface area contributed by atoms with E-state index < -0.39 is 6.43 Å². The van der Waals surface area contributed by atoms with E-state index in [9.17, 15) is 8.78 Å². The largest absolute Gasteiger partial charge is 0.457 e. The minimum Gasteiger partial charge on any atom is -0.457 e. The van der Waals surface area contributed by atoms with Gasteiger partial charge < -0.3 is 15.5 Å². The number of rotatable bonds is 7. The summed E-state index contributed by atoms with van der Waals surface area (Å²) in [7, 11) is 0. The first-order valence-corrected chi connectivity index (χ1v) is 8.05. The van der Waals surface area contributed by atoms with E-state index in [2.05, 4.69) is 20.1 Å². The number of hydrogen-bond acceptors (Lipinski definition) is 7. The normalized spacial score (nSPS) is 14.7. The van der Waals surface area contributed by atoms with Gasteiger partial charge in [0.25, 0.3) is 6.43 Å². The summed E-state index contributed by atoms with van der Waals surface area (Å²) in [5.41, 5.74) is 1.24. The molecule has 0 spiro atoms. The molecule has 7 nitrogen and oxygen atoms in total. The van der Waals surface area contributed by atoms with E-state index in [0.717, 1.165) is 19.5 Å². The van der Waals surface area contributed by atoms with Gasteiger partial charge in [-0.3, -0.25) is 4.99 Å². The second kappa shape index (κ2) is 8.32. The maximum absolute atomic E-state index is 13.3. The highest BCUT2D eigenvalue weighted by Crippen LogP contribution is 2.35. The van der Waals surface area contributed by atoms with Crippen LogP contribution in [0.3, 0.4) is 0 Å². The van der Waals surface area contributed by atoms with Gasteiger partial charge in [-0.05, 0) is 30.7 Å². The number of nitrogens with zero attached hydrogens (tertiary/aromatic N) is 5. The lowest BCUT2D eigenvalue weighted by molar-refractivity contribution is 0.151. The Bertz CT molecular complexity index is 793. The second-order valence-electron chi connectivity index (χ2n) is 5.58. The summed E-state index contributed by atoms with van der Waals surface area (Å²) in [5.74, 6) is 5.32. The second-order valence-corrected chi connectivity index (χ2v) is 5.58. The minimum atomic E-state index is -2.57. The van der Waals surface area contributed by atoms with Crippen LogP contribution in [0.1, 0.15) is 18.4 Å². The first-order chi connectivity index (χ1) is 12.7. The van der Waals surface area contributed by atoms with E-state index in [1.807, 2.05) is 4.90 Å². The lowest BCUT2D eigenvalue weighted by Gasteiger charge is -2.34. The summed E-state index contributed by atoms with van der Waals surface area (Å²) < 4.78 is 32.0. The molecule has 1 aromatic carbocycles. The fraction of sp³-hybridized carbons (Fsp3) is 0.294. The predicted molar refractivity (Wildman–Crippen MR) is 95.5 cm³/mol. The molecule has 0 saturated carbocycles. The maximum atomic E-state index is 13.3. The Balaban J connectivity index is 1.69. The zero-order valence-corrected chi connectivity index (χ0v) is 13.9. The highest BCUT2D eigenvalue weighted by atomic mass is 19.3. The number of benzene rings is 1. The number of halogens is 2. The van der Waals surface area contributed by atoms with E-state index in [4.69, 9.17) is 10.6 Å². The summed E-state index contributed by atoms with van der Waals surface area (Å²) in [6, 6.07) is 6.58. The van der Waals surface area contributed by atoms with Crippen LogP contribution in [-0.2, 0) is 0 Å². The van der Waals surface area contributed by atoms with Crippen LogP contribution in [-0.4, -0.2) is 41.6 Å². The van der Waals surface area contributed by atoms with Crippen molar-refractivity contribution in [2.45, 2.75) is 12.8 Å². The Morgan fingerprint density at radius 3 is 2.69 bits per heavy atom. The van der Waals surface area contributed by atoms with Crippen LogP contribution in [0.4, 0.5) is 20.2 Å². The van der Waals surface area contributed by atoms with Crippen molar-refractivity contribution in [3.63, 3.8) is 0 Å². The summed E-state index contributed by atoms with van der Waals surface area (Å²) in [5, 5.41) is 3.57. The molecule has 1 aliphatic heterocycles. The van der Waals surface area contributed by atoms with Crippen molar-refractivity contribution in [2.24, 2.45) is 15.9 Å². The molecule has 1 aromatic heterocycles. The van der Waals surface area contributed by atoms with Crippen molar-refractivity contribution in [1.29, 1.82) is 0 Å². The molecule has 1 aliphatic rings. The number of nitrogens with two attached hydrogens (primary N) is 1. The average Bonchev–Trinajstić information content (AvgIpc) is 2.62. The van der Waals surface area contributed by atoms with Crippen molar-refractivity contribution in [2.75, 3.05) is 24.6 Å². The van der Waals surface area contributed by atoms with Crippen LogP contribution in [0.15, 0.2) is 46.8 Å². The number of alkyl halides is 2. The molecule has 0 aliphatic carbocycles. The van der Waals surface area contributed by atoms with Gasteiger partial charge in [-0.25, -0.2) is 18.7 Å². The summed E-state index contributed by atoms with van der Waals surface area (Å²) >= 11 is 0. The van der Waals surface area contributed by atoms with Gasteiger partial charge in [-0.1, -0.05) is 0 Å². The lowest BCUT2D eigenvalue weighted by atomic mass is 10.1. The van der Waals surface area contributed by atoms with Gasteiger partial charge in [0.1, 0.15) is 12.3 Å². The average molecular weight is 360 g/mol. The first kappa shape index (κ1) is 17.7. The summed E-state index contributed by atoms with van der Waals surface area (Å²) in [4.78, 5) is 13.9. The number of aromatic nitrogens is 2. The van der Waals surface area contributed by atoms with Crippen LogP contribution >= 0.6 is 0 Å². The van der Waals surface area contributed by atoms with Gasteiger partial charge in [-0.2, -0.15) is 5.10 Å². The first-order valence-electron chi connectivity index (χ1n) is 8.05. The van der Waals surface area contributed by atoms with E-state index >= 15 is 0 Å². The monoisotopic (exact) mass is 360 g/mol. The van der Waals surface area contributed by atoms with E-state index in [0.29, 0.717) is 17.1 Å². The molecular weight excluding hydrogens is 342 g/mol. The number of hydrazone groups is 1. The molecular formula is C17H18F2N6O. The number of ether oxygens (including phenoxy) is 1. The van der Waals surface area contributed by atoms with E-state index in [1.165, 1.54) is 12.3 Å². The molecule has 0 unspecified atom stereocenters. The summed E-state index contributed by atoms with van der Waals surface area (Å²) in [6.45, 7) is 1.61. The molecule has 2 aromatic rings. The zero-order valence-electron chi connectivity index (χ0n) is 13.9. The number of aliphatic imine (C=N–C) groups is 1. The third-order valence-corrected chi connectivity index (χ3v) is 3.86. The quantitative estimate of drug-likeness (QED) is 0.466. The van der Waals surface area contributed by atoms with Crippen molar-refractivity contribution in [3.05, 3.63) is 42.2 Å². The van der Waals surface area contributed by atoms with Crippen molar-refractivity contribution >= 4 is 23.3 Å². The van der Waals surface area contributed by atoms with Gasteiger partial charge >= 0.3 is 6.01 Å². The van der Waals surface area contributed by atoms with E-state index in [1.54, 1.807) is 30.6 Å². The molecule has 1 fully saturated rings. The molecule has 3 rings (SSSR count). The lowest BCUT2D eigenvalue weighted by Crippen LogP contribution is -2.37. The van der Waals surface area contributed by atoms with Crippen molar-refractivity contribution in [3.8, 4) is 6.01 Å². The Morgan fingerprint density at radius 1 is 1.31 bits per heavy atom. The maximum Gasteiger partial charge on any atom is 0.316 e. The molecule has 0 bridgehead atoms. The molecule has 9 heteroatoms. The van der Waals surface area contributed by atoms with Gasteiger partial charge in [0.2, 0.25) is 0 Å². The van der Waals surface area contributed by atoms with Gasteiger partial charge in [0, 0.05) is 36.7 Å². The third-order valence-electron chi connectivity index (χ3n) is 3.86. The van der Waals surface area contributed by atoms with Crippen LogP contribution in [0, 0.1) is 0 Å². The number of hydrogen-bond donors (Lipinski definition) is 1. The minimum absolute atomic E-state index is 0.0115. The van der Waals surface area contributed by atoms with Crippen LogP contribution in [0.2, 0.25) is 0 Å². The van der Waals surface area contributed by atoms with Crippen molar-refractivity contribution < 1.29 is 13.5 Å². The van der Waals surface area contributed by atoms with Gasteiger partial charge in [0.15, 0.2) is 0 Å². The number of anilines is 1. The zero-order chi connectivity index (χ0) is 18.4. The Hall–Kier alpha value is -3.10. The standard InChI is InChI=1S/C17H18F2N6O/c18-16(19)14-9-12(3-4-15(14)25-7-2-8-25)23-10-13(24-20)11-26-17-21-5-1-6-22-17/h1,3-6,9-10,16H,2,7-8,11,20H2.